The number of rotatable bonds is 32. The molecule has 0 aliphatic carbocycles. The predicted molar refractivity (Wildman–Crippen MR) is 181 cm³/mol. The minimum atomic E-state index is -0.945. The average molecular weight is 594 g/mol. The number of unbranched alkanes of at least 4 members (excludes halogenated alkanes) is 21. The number of allylic oxidation sites excluding steroid dienone is 3. The number of carbonyl (C=O) groups excluding carboxylic acids is 1. The maximum absolute atomic E-state index is 12.3. The summed E-state index contributed by atoms with van der Waals surface area (Å²) in [5.74, 6) is -0.327. The first-order valence-corrected chi connectivity index (χ1v) is 18.1. The van der Waals surface area contributed by atoms with Crippen LogP contribution in [-0.2, 0) is 4.79 Å². The number of hydrogen-bond acceptors (Lipinski definition) is 4. The van der Waals surface area contributed by atoms with Crippen LogP contribution < -0.4 is 5.32 Å². The number of aliphatic hydroxyl groups is 3. The van der Waals surface area contributed by atoms with E-state index in [1.165, 1.54) is 122 Å². The minimum absolute atomic E-state index is 0.00865. The van der Waals surface area contributed by atoms with Gasteiger partial charge in [-0.2, -0.15) is 0 Å². The molecule has 0 aromatic rings. The smallest absolute Gasteiger partial charge is 0.222 e. The second-order valence-corrected chi connectivity index (χ2v) is 12.5. The van der Waals surface area contributed by atoms with Gasteiger partial charge >= 0.3 is 0 Å². The lowest BCUT2D eigenvalue weighted by Gasteiger charge is -2.21. The second kappa shape index (κ2) is 32.7. The van der Waals surface area contributed by atoms with E-state index in [2.05, 4.69) is 31.3 Å². The van der Waals surface area contributed by atoms with E-state index >= 15 is 0 Å². The maximum atomic E-state index is 12.3. The summed E-state index contributed by atoms with van der Waals surface area (Å²) in [7, 11) is 0. The number of hydrogen-bond donors (Lipinski definition) is 4. The molecule has 0 aromatic carbocycles. The molecule has 248 valence electrons. The molecule has 0 saturated heterocycles. The van der Waals surface area contributed by atoms with Crippen LogP contribution in [0.4, 0.5) is 0 Å². The van der Waals surface area contributed by atoms with Gasteiger partial charge in [-0.3, -0.25) is 4.79 Å². The molecule has 0 saturated carbocycles. The number of carbonyl (C=O) groups is 1. The van der Waals surface area contributed by atoms with E-state index in [-0.39, 0.29) is 18.9 Å². The molecule has 1 amide bonds. The molecule has 5 heteroatoms. The molecule has 3 unspecified atom stereocenters. The van der Waals surface area contributed by atoms with Crippen molar-refractivity contribution in [2.45, 2.75) is 199 Å². The van der Waals surface area contributed by atoms with E-state index in [4.69, 9.17) is 0 Å². The second-order valence-electron chi connectivity index (χ2n) is 12.5. The van der Waals surface area contributed by atoms with Crippen LogP contribution in [0.1, 0.15) is 181 Å². The van der Waals surface area contributed by atoms with Crippen molar-refractivity contribution in [3.8, 4) is 0 Å². The van der Waals surface area contributed by atoms with Crippen molar-refractivity contribution < 1.29 is 20.1 Å². The van der Waals surface area contributed by atoms with Gasteiger partial charge in [-0.25, -0.2) is 0 Å². The summed E-state index contributed by atoms with van der Waals surface area (Å²) >= 11 is 0. The number of nitrogens with one attached hydrogen (secondary N) is 1. The third-order valence-corrected chi connectivity index (χ3v) is 8.24. The summed E-state index contributed by atoms with van der Waals surface area (Å²) in [5.41, 5.74) is 0. The molecule has 4 N–H and O–H groups in total. The highest BCUT2D eigenvalue weighted by Crippen LogP contribution is 2.15. The largest absolute Gasteiger partial charge is 0.394 e. The highest BCUT2D eigenvalue weighted by molar-refractivity contribution is 5.76. The van der Waals surface area contributed by atoms with Crippen molar-refractivity contribution in [3.63, 3.8) is 0 Å². The lowest BCUT2D eigenvalue weighted by atomic mass is 10.0. The van der Waals surface area contributed by atoms with Gasteiger partial charge in [0.05, 0.1) is 31.3 Å². The van der Waals surface area contributed by atoms with Crippen molar-refractivity contribution in [2.24, 2.45) is 0 Å². The molecule has 0 aliphatic heterocycles. The van der Waals surface area contributed by atoms with Gasteiger partial charge < -0.3 is 20.6 Å². The van der Waals surface area contributed by atoms with Gasteiger partial charge in [0.1, 0.15) is 0 Å². The predicted octanol–water partition coefficient (Wildman–Crippen LogP) is 9.48. The first kappa shape index (κ1) is 40.8. The Morgan fingerprint density at radius 2 is 1.02 bits per heavy atom. The van der Waals surface area contributed by atoms with Crippen molar-refractivity contribution in [1.82, 2.24) is 5.32 Å². The van der Waals surface area contributed by atoms with Crippen LogP contribution in [0.2, 0.25) is 0 Å². The Kier molecular flexibility index (Phi) is 31.8. The number of aliphatic hydroxyl groups excluding tert-OH is 3. The highest BCUT2D eigenvalue weighted by atomic mass is 16.3. The van der Waals surface area contributed by atoms with Gasteiger partial charge in [-0.05, 0) is 32.1 Å². The van der Waals surface area contributed by atoms with Crippen molar-refractivity contribution in [2.75, 3.05) is 6.61 Å². The molecule has 42 heavy (non-hydrogen) atoms. The zero-order valence-electron chi connectivity index (χ0n) is 27.9. The molecule has 0 aromatic heterocycles. The monoisotopic (exact) mass is 594 g/mol. The van der Waals surface area contributed by atoms with Crippen LogP contribution in [0, 0.1) is 0 Å². The third kappa shape index (κ3) is 28.9. The van der Waals surface area contributed by atoms with E-state index in [1.807, 2.05) is 6.08 Å². The molecule has 0 rings (SSSR count). The van der Waals surface area contributed by atoms with Crippen LogP contribution in [0.5, 0.6) is 0 Å². The molecule has 0 heterocycles. The lowest BCUT2D eigenvalue weighted by Crippen LogP contribution is -2.45. The molecule has 0 fully saturated rings. The summed E-state index contributed by atoms with van der Waals surface area (Å²) < 4.78 is 0. The standard InChI is InChI=1S/C37H71NO4/c1-3-5-7-9-11-13-14-15-16-17-18-19-20-21-23-24-26-28-30-34(40)32-37(42)38-35(33-39)36(41)31-29-27-25-22-12-10-8-6-4-2/h12,22,29,31,34-36,39-41H,3-11,13-21,23-28,30,32-33H2,1-2H3,(H,38,42)/b22-12+,31-29+. The molecular weight excluding hydrogens is 522 g/mol. The SMILES string of the molecule is CCCCC/C=C/CC/C=C/C(O)C(CO)NC(=O)CC(O)CCCCCCCCCCCCCCCCCCCC. The highest BCUT2D eigenvalue weighted by Gasteiger charge is 2.20. The van der Waals surface area contributed by atoms with E-state index in [0.29, 0.717) is 6.42 Å². The summed E-state index contributed by atoms with van der Waals surface area (Å²) in [4.78, 5) is 12.3. The Hall–Kier alpha value is -1.17. The molecule has 0 spiro atoms. The molecule has 5 nitrogen and oxygen atoms in total. The Bertz CT molecular complexity index is 621. The molecule has 0 radical (unpaired) electrons. The van der Waals surface area contributed by atoms with Crippen LogP contribution in [-0.4, -0.2) is 46.1 Å². The van der Waals surface area contributed by atoms with E-state index in [0.717, 1.165) is 32.1 Å². The van der Waals surface area contributed by atoms with Crippen LogP contribution >= 0.6 is 0 Å². The van der Waals surface area contributed by atoms with Crippen LogP contribution in [0.15, 0.2) is 24.3 Å². The topological polar surface area (TPSA) is 89.8 Å². The fourth-order valence-corrected chi connectivity index (χ4v) is 5.41. The number of amides is 1. The molecule has 3 atom stereocenters. The van der Waals surface area contributed by atoms with Gasteiger partial charge in [0.15, 0.2) is 0 Å². The lowest BCUT2D eigenvalue weighted by molar-refractivity contribution is -0.124. The normalized spacial score (nSPS) is 14.1. The summed E-state index contributed by atoms with van der Waals surface area (Å²) in [6.07, 6.45) is 37.4. The fourth-order valence-electron chi connectivity index (χ4n) is 5.41. The third-order valence-electron chi connectivity index (χ3n) is 8.24. The van der Waals surface area contributed by atoms with E-state index < -0.39 is 18.2 Å². The molecule has 0 aliphatic rings. The van der Waals surface area contributed by atoms with E-state index in [1.54, 1.807) is 6.08 Å². The average Bonchev–Trinajstić information content (AvgIpc) is 2.98. The summed E-state index contributed by atoms with van der Waals surface area (Å²) in [5, 5.41) is 32.9. The van der Waals surface area contributed by atoms with Gasteiger partial charge in [-0.15, -0.1) is 0 Å². The van der Waals surface area contributed by atoms with Crippen molar-refractivity contribution in [1.29, 1.82) is 0 Å². The minimum Gasteiger partial charge on any atom is -0.394 e. The summed E-state index contributed by atoms with van der Waals surface area (Å²) in [6, 6.07) is -0.754. The first-order chi connectivity index (χ1) is 20.5. The van der Waals surface area contributed by atoms with Gasteiger partial charge in [0.2, 0.25) is 5.91 Å². The van der Waals surface area contributed by atoms with Crippen molar-refractivity contribution >= 4 is 5.91 Å². The zero-order chi connectivity index (χ0) is 30.9. The van der Waals surface area contributed by atoms with Gasteiger partial charge in [-0.1, -0.05) is 167 Å². The Morgan fingerprint density at radius 1 is 0.595 bits per heavy atom. The Morgan fingerprint density at radius 3 is 1.52 bits per heavy atom. The van der Waals surface area contributed by atoms with Crippen LogP contribution in [0.3, 0.4) is 0 Å². The van der Waals surface area contributed by atoms with Crippen LogP contribution in [0.25, 0.3) is 0 Å². The first-order valence-electron chi connectivity index (χ1n) is 18.1. The molecule has 0 bridgehead atoms. The van der Waals surface area contributed by atoms with Crippen molar-refractivity contribution in [3.05, 3.63) is 24.3 Å². The Balaban J connectivity index is 3.67. The quantitative estimate of drug-likeness (QED) is 0.0462. The zero-order valence-corrected chi connectivity index (χ0v) is 27.9. The van der Waals surface area contributed by atoms with Gasteiger partial charge in [0, 0.05) is 0 Å². The van der Waals surface area contributed by atoms with E-state index in [9.17, 15) is 20.1 Å². The molecular formula is C37H71NO4. The van der Waals surface area contributed by atoms with Gasteiger partial charge in [0.25, 0.3) is 0 Å². The Labute approximate surface area is 261 Å². The summed E-state index contributed by atoms with van der Waals surface area (Å²) in [6.45, 7) is 4.14. The maximum Gasteiger partial charge on any atom is 0.222 e. The fraction of sp³-hybridized carbons (Fsp3) is 0.865.